The number of rotatable bonds is 6. The Labute approximate surface area is 155 Å². The highest BCUT2D eigenvalue weighted by atomic mass is 32.2. The van der Waals surface area contributed by atoms with Crippen LogP contribution in [0.1, 0.15) is 12.8 Å². The number of benzene rings is 1. The molecule has 0 radical (unpaired) electrons. The maximum Gasteiger partial charge on any atom is 0.272 e. The van der Waals surface area contributed by atoms with Crippen LogP contribution in [0, 0.1) is 0 Å². The number of anilines is 2. The lowest BCUT2D eigenvalue weighted by Crippen LogP contribution is -2.21. The zero-order valence-corrected chi connectivity index (χ0v) is 15.5. The smallest absolute Gasteiger partial charge is 0.272 e. The summed E-state index contributed by atoms with van der Waals surface area (Å²) in [6.07, 6.45) is 2.11. The van der Waals surface area contributed by atoms with Crippen molar-refractivity contribution in [1.29, 1.82) is 0 Å². The van der Waals surface area contributed by atoms with Gasteiger partial charge in [-0.25, -0.2) is 18.4 Å². The number of ether oxygens (including phenoxy) is 1. The van der Waals surface area contributed by atoms with E-state index in [0.717, 1.165) is 30.8 Å². The molecule has 0 bridgehead atoms. The van der Waals surface area contributed by atoms with Gasteiger partial charge in [-0.05, 0) is 36.4 Å². The largest absolute Gasteiger partial charge is 0.376 e. The minimum absolute atomic E-state index is 0.102. The van der Waals surface area contributed by atoms with E-state index in [9.17, 15) is 8.42 Å². The number of nitrogens with zero attached hydrogens (tertiary/aromatic N) is 2. The van der Waals surface area contributed by atoms with Crippen LogP contribution in [0.15, 0.2) is 46.0 Å². The third-order valence-corrected chi connectivity index (χ3v) is 6.82. The van der Waals surface area contributed by atoms with Gasteiger partial charge >= 0.3 is 0 Å². The number of aromatic nitrogens is 2. The maximum atomic E-state index is 12.6. The van der Waals surface area contributed by atoms with E-state index in [2.05, 4.69) is 20.0 Å². The first kappa shape index (κ1) is 17.2. The second kappa shape index (κ2) is 7.18. The Balaban J connectivity index is 1.67. The lowest BCUT2D eigenvalue weighted by atomic mass is 10.2. The second-order valence-electron chi connectivity index (χ2n) is 5.96. The summed E-state index contributed by atoms with van der Waals surface area (Å²) >= 11 is 1.15. The van der Waals surface area contributed by atoms with Gasteiger partial charge < -0.3 is 10.1 Å². The van der Waals surface area contributed by atoms with Crippen molar-refractivity contribution in [3.8, 4) is 0 Å². The summed E-state index contributed by atoms with van der Waals surface area (Å²) < 4.78 is 33.6. The molecule has 0 unspecified atom stereocenters. The van der Waals surface area contributed by atoms with Gasteiger partial charge in [-0.1, -0.05) is 18.2 Å². The Bertz CT molecular complexity index is 1000. The molecule has 2 N–H and O–H groups in total. The van der Waals surface area contributed by atoms with Crippen LogP contribution < -0.4 is 10.0 Å². The van der Waals surface area contributed by atoms with Gasteiger partial charge in [0.25, 0.3) is 10.0 Å². The Morgan fingerprint density at radius 2 is 1.88 bits per heavy atom. The SMILES string of the molecule is O=S(=O)(Nc1nc2ccccc2nc1NC[C@@H]1CCCO1)c1cccs1. The van der Waals surface area contributed by atoms with E-state index in [1.807, 2.05) is 18.2 Å². The molecule has 0 aliphatic carbocycles. The van der Waals surface area contributed by atoms with E-state index in [4.69, 9.17) is 4.74 Å². The van der Waals surface area contributed by atoms with Crippen molar-refractivity contribution < 1.29 is 13.2 Å². The van der Waals surface area contributed by atoms with Gasteiger partial charge in [-0.2, -0.15) is 0 Å². The molecule has 4 rings (SSSR count). The van der Waals surface area contributed by atoms with Crippen molar-refractivity contribution in [2.45, 2.75) is 23.2 Å². The molecule has 0 saturated carbocycles. The Kier molecular flexibility index (Phi) is 4.75. The van der Waals surface area contributed by atoms with Crippen LogP contribution in [0.4, 0.5) is 11.6 Å². The Morgan fingerprint density at radius 3 is 2.54 bits per heavy atom. The molecule has 9 heteroatoms. The van der Waals surface area contributed by atoms with Gasteiger partial charge in [0, 0.05) is 13.2 Å². The molecule has 1 aliphatic heterocycles. The third-order valence-electron chi connectivity index (χ3n) is 4.08. The lowest BCUT2D eigenvalue weighted by Gasteiger charge is -2.15. The summed E-state index contributed by atoms with van der Waals surface area (Å²) in [4.78, 5) is 9.01. The van der Waals surface area contributed by atoms with Gasteiger partial charge in [0.1, 0.15) is 4.21 Å². The van der Waals surface area contributed by atoms with Gasteiger partial charge in [-0.3, -0.25) is 4.72 Å². The first-order valence-electron chi connectivity index (χ1n) is 8.30. The minimum atomic E-state index is -3.70. The van der Waals surface area contributed by atoms with Crippen molar-refractivity contribution in [3.05, 3.63) is 41.8 Å². The molecule has 1 atom stereocenters. The molecule has 0 spiro atoms. The molecular weight excluding hydrogens is 372 g/mol. The highest BCUT2D eigenvalue weighted by molar-refractivity contribution is 7.94. The first-order chi connectivity index (χ1) is 12.6. The number of sulfonamides is 1. The minimum Gasteiger partial charge on any atom is -0.376 e. The fraction of sp³-hybridized carbons (Fsp3) is 0.294. The van der Waals surface area contributed by atoms with Crippen LogP contribution in [0.2, 0.25) is 0 Å². The molecule has 136 valence electrons. The summed E-state index contributed by atoms with van der Waals surface area (Å²) in [7, 11) is -3.70. The van der Waals surface area contributed by atoms with Gasteiger partial charge in [0.15, 0.2) is 11.6 Å². The van der Waals surface area contributed by atoms with Crippen molar-refractivity contribution in [2.75, 3.05) is 23.2 Å². The second-order valence-corrected chi connectivity index (χ2v) is 8.82. The number of fused-ring (bicyclic) bond motifs is 1. The summed E-state index contributed by atoms with van der Waals surface area (Å²) in [6, 6.07) is 10.6. The van der Waals surface area contributed by atoms with E-state index in [1.165, 1.54) is 0 Å². The average Bonchev–Trinajstić information content (AvgIpc) is 3.33. The Hall–Kier alpha value is -2.23. The van der Waals surface area contributed by atoms with E-state index < -0.39 is 10.0 Å². The van der Waals surface area contributed by atoms with E-state index >= 15 is 0 Å². The molecule has 2 aromatic heterocycles. The number of hydrogen-bond acceptors (Lipinski definition) is 7. The number of thiophene rings is 1. The third kappa shape index (κ3) is 3.64. The lowest BCUT2D eigenvalue weighted by molar-refractivity contribution is 0.120. The molecule has 3 aromatic rings. The molecular formula is C17H18N4O3S2. The molecule has 3 heterocycles. The predicted octanol–water partition coefficient (Wildman–Crippen LogP) is 3.08. The number of para-hydroxylation sites is 2. The zero-order valence-electron chi connectivity index (χ0n) is 13.9. The van der Waals surface area contributed by atoms with Crippen LogP contribution in [0.5, 0.6) is 0 Å². The molecule has 1 fully saturated rings. The van der Waals surface area contributed by atoms with Crippen LogP contribution in [-0.4, -0.2) is 37.6 Å². The fourth-order valence-electron chi connectivity index (χ4n) is 2.80. The van der Waals surface area contributed by atoms with Gasteiger partial charge in [0.05, 0.1) is 17.1 Å². The summed E-state index contributed by atoms with van der Waals surface area (Å²) in [5, 5.41) is 4.91. The summed E-state index contributed by atoms with van der Waals surface area (Å²) in [6.45, 7) is 1.31. The van der Waals surface area contributed by atoms with Crippen LogP contribution in [0.3, 0.4) is 0 Å². The number of nitrogens with one attached hydrogen (secondary N) is 2. The topological polar surface area (TPSA) is 93.2 Å². The monoisotopic (exact) mass is 390 g/mol. The summed E-state index contributed by atoms with van der Waals surface area (Å²) in [5.74, 6) is 0.592. The first-order valence-corrected chi connectivity index (χ1v) is 10.7. The molecule has 7 nitrogen and oxygen atoms in total. The molecule has 26 heavy (non-hydrogen) atoms. The quantitative estimate of drug-likeness (QED) is 0.672. The average molecular weight is 390 g/mol. The highest BCUT2D eigenvalue weighted by Crippen LogP contribution is 2.26. The van der Waals surface area contributed by atoms with Crippen molar-refractivity contribution in [3.63, 3.8) is 0 Å². The van der Waals surface area contributed by atoms with E-state index in [0.29, 0.717) is 23.4 Å². The standard InChI is InChI=1S/C17H18N4O3S2/c22-26(23,15-8-4-10-25-15)21-17-16(18-11-12-5-3-9-24-12)19-13-6-1-2-7-14(13)20-17/h1-2,4,6-8,10,12H,3,5,9,11H2,(H,18,19)(H,20,21)/t12-/m0/s1. The highest BCUT2D eigenvalue weighted by Gasteiger charge is 2.21. The van der Waals surface area contributed by atoms with Gasteiger partial charge in [0.2, 0.25) is 0 Å². The molecule has 1 aromatic carbocycles. The van der Waals surface area contributed by atoms with Crippen molar-refractivity contribution in [1.82, 2.24) is 9.97 Å². The normalized spacial score (nSPS) is 17.5. The number of hydrogen-bond donors (Lipinski definition) is 2. The Morgan fingerprint density at radius 1 is 1.12 bits per heavy atom. The molecule has 0 amide bonds. The van der Waals surface area contributed by atoms with Crippen LogP contribution in [0.25, 0.3) is 11.0 Å². The predicted molar refractivity (Wildman–Crippen MR) is 102 cm³/mol. The van der Waals surface area contributed by atoms with Crippen molar-refractivity contribution in [2.24, 2.45) is 0 Å². The van der Waals surface area contributed by atoms with E-state index in [-0.39, 0.29) is 16.1 Å². The van der Waals surface area contributed by atoms with Crippen molar-refractivity contribution >= 4 is 44.0 Å². The van der Waals surface area contributed by atoms with Gasteiger partial charge in [-0.15, -0.1) is 11.3 Å². The van der Waals surface area contributed by atoms with E-state index in [1.54, 1.807) is 23.6 Å². The fourth-order valence-corrected chi connectivity index (χ4v) is 4.81. The zero-order chi connectivity index (χ0) is 18.0. The maximum absolute atomic E-state index is 12.6. The summed E-state index contributed by atoms with van der Waals surface area (Å²) in [5.41, 5.74) is 1.32. The molecule has 1 saturated heterocycles. The van der Waals surface area contributed by atoms with Crippen LogP contribution in [-0.2, 0) is 14.8 Å². The molecule has 1 aliphatic rings. The van der Waals surface area contributed by atoms with Crippen LogP contribution >= 0.6 is 11.3 Å².